The van der Waals surface area contributed by atoms with Crippen LogP contribution in [0.3, 0.4) is 0 Å². The van der Waals surface area contributed by atoms with Crippen LogP contribution in [0.1, 0.15) is 11.2 Å². The number of benzene rings is 3. The molecule has 1 unspecified atom stereocenters. The van der Waals surface area contributed by atoms with Gasteiger partial charge in [0.25, 0.3) is 0 Å². The van der Waals surface area contributed by atoms with E-state index >= 15 is 0 Å². The van der Waals surface area contributed by atoms with Crippen LogP contribution >= 0.6 is 23.5 Å². The Morgan fingerprint density at radius 1 is 0.821 bits per heavy atom. The molecule has 0 aromatic heterocycles. The minimum atomic E-state index is -4.07. The first-order chi connectivity index (χ1) is 13.5. The van der Waals surface area contributed by atoms with Crippen LogP contribution in [0.15, 0.2) is 89.4 Å². The van der Waals surface area contributed by atoms with E-state index in [0.29, 0.717) is 17.1 Å². The Bertz CT molecular complexity index is 916. The second kappa shape index (κ2) is 9.09. The molecule has 0 aliphatic rings. The van der Waals surface area contributed by atoms with Crippen molar-refractivity contribution in [1.29, 1.82) is 0 Å². The third-order valence-electron chi connectivity index (χ3n) is 3.88. The summed E-state index contributed by atoms with van der Waals surface area (Å²) >= 11 is 3.36. The number of para-hydroxylation sites is 2. The standard InChI is InChI=1S/C21H18BrO5P/c1-25-21(23)20(16-12-14-17(22)15-13-16)28(24,26-18-8-4-2-5-9-18)27-19-10-6-3-7-11-19/h2-15,20H,1H3. The Balaban J connectivity index is 2.09. The lowest BCUT2D eigenvalue weighted by molar-refractivity contribution is -0.140. The minimum Gasteiger partial charge on any atom is -0.468 e. The van der Waals surface area contributed by atoms with Crippen LogP contribution in [0, 0.1) is 0 Å². The van der Waals surface area contributed by atoms with Gasteiger partial charge in [-0.2, -0.15) is 0 Å². The number of carbonyl (C=O) groups is 1. The summed E-state index contributed by atoms with van der Waals surface area (Å²) in [6.45, 7) is 0. The van der Waals surface area contributed by atoms with E-state index in [2.05, 4.69) is 15.9 Å². The summed E-state index contributed by atoms with van der Waals surface area (Å²) in [5.74, 6) is -0.0573. The number of esters is 1. The van der Waals surface area contributed by atoms with Crippen molar-refractivity contribution in [3.8, 4) is 11.5 Å². The van der Waals surface area contributed by atoms with Crippen molar-refractivity contribution in [3.05, 3.63) is 95.0 Å². The molecule has 28 heavy (non-hydrogen) atoms. The number of hydrogen-bond donors (Lipinski definition) is 0. The summed E-state index contributed by atoms with van der Waals surface area (Å²) in [4.78, 5) is 12.7. The molecular formula is C21H18BrO5P. The van der Waals surface area contributed by atoms with Gasteiger partial charge in [0.1, 0.15) is 11.5 Å². The van der Waals surface area contributed by atoms with E-state index < -0.39 is 19.2 Å². The van der Waals surface area contributed by atoms with Crippen LogP contribution in [0.2, 0.25) is 0 Å². The molecule has 1 atom stereocenters. The summed E-state index contributed by atoms with van der Waals surface area (Å²) in [5, 5.41) is 0. The molecule has 0 N–H and O–H groups in total. The summed E-state index contributed by atoms with van der Waals surface area (Å²) in [6, 6.07) is 24.1. The van der Waals surface area contributed by atoms with E-state index in [-0.39, 0.29) is 0 Å². The smallest absolute Gasteiger partial charge is 0.449 e. The number of ether oxygens (including phenoxy) is 1. The van der Waals surface area contributed by atoms with Crippen LogP contribution in [0.4, 0.5) is 0 Å². The Morgan fingerprint density at radius 3 is 1.71 bits per heavy atom. The highest BCUT2D eigenvalue weighted by Crippen LogP contribution is 2.60. The summed E-state index contributed by atoms with van der Waals surface area (Å²) in [6.07, 6.45) is 0. The molecule has 0 amide bonds. The Labute approximate surface area is 171 Å². The largest absolute Gasteiger partial charge is 0.468 e. The Morgan fingerprint density at radius 2 is 1.29 bits per heavy atom. The third kappa shape index (κ3) is 4.83. The van der Waals surface area contributed by atoms with Crippen molar-refractivity contribution in [2.24, 2.45) is 0 Å². The topological polar surface area (TPSA) is 61.8 Å². The van der Waals surface area contributed by atoms with E-state index in [1.54, 1.807) is 72.8 Å². The summed E-state index contributed by atoms with van der Waals surface area (Å²) < 4.78 is 31.3. The van der Waals surface area contributed by atoms with Gasteiger partial charge in [-0.25, -0.2) is 4.57 Å². The Kier molecular flexibility index (Phi) is 6.55. The maximum Gasteiger partial charge on any atom is 0.449 e. The SMILES string of the molecule is COC(=O)C(c1ccc(Br)cc1)P(=O)(Oc1ccccc1)Oc1ccccc1. The van der Waals surface area contributed by atoms with Crippen molar-refractivity contribution in [2.75, 3.05) is 7.11 Å². The number of methoxy groups -OCH3 is 1. The van der Waals surface area contributed by atoms with Crippen molar-refractivity contribution in [2.45, 2.75) is 5.66 Å². The summed E-state index contributed by atoms with van der Waals surface area (Å²) in [7, 11) is -2.83. The average molecular weight is 461 g/mol. The fraction of sp³-hybridized carbons (Fsp3) is 0.0952. The van der Waals surface area contributed by atoms with E-state index in [1.807, 2.05) is 12.1 Å². The monoisotopic (exact) mass is 460 g/mol. The number of rotatable bonds is 7. The minimum absolute atomic E-state index is 0.327. The van der Waals surface area contributed by atoms with E-state index in [0.717, 1.165) is 4.47 Å². The maximum atomic E-state index is 14.0. The molecule has 0 aliphatic heterocycles. The highest BCUT2D eigenvalue weighted by molar-refractivity contribution is 9.10. The first kappa shape index (κ1) is 20.2. The van der Waals surface area contributed by atoms with Crippen LogP contribution in [-0.4, -0.2) is 13.1 Å². The molecule has 3 rings (SSSR count). The van der Waals surface area contributed by atoms with Gasteiger partial charge >= 0.3 is 13.6 Å². The van der Waals surface area contributed by atoms with Gasteiger partial charge < -0.3 is 13.8 Å². The molecule has 0 saturated carbocycles. The Hall–Kier alpha value is -2.56. The highest BCUT2D eigenvalue weighted by atomic mass is 79.9. The average Bonchev–Trinajstić information content (AvgIpc) is 2.71. The molecule has 0 spiro atoms. The number of halogens is 1. The third-order valence-corrected chi connectivity index (χ3v) is 6.48. The molecule has 0 saturated heterocycles. The normalized spacial score (nSPS) is 12.1. The lowest BCUT2D eigenvalue weighted by Crippen LogP contribution is -2.20. The number of hydrogen-bond acceptors (Lipinski definition) is 5. The molecule has 5 nitrogen and oxygen atoms in total. The van der Waals surface area contributed by atoms with Crippen molar-refractivity contribution < 1.29 is 23.1 Å². The quantitative estimate of drug-likeness (QED) is 0.319. The van der Waals surface area contributed by atoms with Gasteiger partial charge in [-0.3, -0.25) is 4.79 Å². The lowest BCUT2D eigenvalue weighted by atomic mass is 10.1. The van der Waals surface area contributed by atoms with E-state index in [9.17, 15) is 9.36 Å². The van der Waals surface area contributed by atoms with Gasteiger partial charge in [-0.05, 0) is 42.0 Å². The molecule has 3 aromatic carbocycles. The van der Waals surface area contributed by atoms with E-state index in [4.69, 9.17) is 13.8 Å². The highest BCUT2D eigenvalue weighted by Gasteiger charge is 2.46. The maximum absolute atomic E-state index is 14.0. The van der Waals surface area contributed by atoms with Crippen molar-refractivity contribution in [1.82, 2.24) is 0 Å². The molecule has 0 fully saturated rings. The fourth-order valence-corrected chi connectivity index (χ4v) is 4.83. The van der Waals surface area contributed by atoms with Crippen LogP contribution in [0.5, 0.6) is 11.5 Å². The second-order valence-corrected chi connectivity index (χ2v) is 8.70. The zero-order valence-corrected chi connectivity index (χ0v) is 17.5. The molecule has 144 valence electrons. The van der Waals surface area contributed by atoms with Gasteiger partial charge in [0.05, 0.1) is 7.11 Å². The van der Waals surface area contributed by atoms with Gasteiger partial charge in [0.15, 0.2) is 0 Å². The molecule has 7 heteroatoms. The molecular weight excluding hydrogens is 443 g/mol. The predicted octanol–water partition coefficient (Wildman–Crippen LogP) is 6.01. The van der Waals surface area contributed by atoms with E-state index in [1.165, 1.54) is 7.11 Å². The second-order valence-electron chi connectivity index (χ2n) is 5.83. The van der Waals surface area contributed by atoms with Crippen LogP contribution in [-0.2, 0) is 14.1 Å². The molecule has 0 heterocycles. The number of carbonyl (C=O) groups excluding carboxylic acids is 1. The zero-order chi connectivity index (χ0) is 20.0. The van der Waals surface area contributed by atoms with Gasteiger partial charge in [-0.15, -0.1) is 0 Å². The van der Waals surface area contributed by atoms with Gasteiger partial charge in [0, 0.05) is 4.47 Å². The molecule has 0 bridgehead atoms. The molecule has 0 aliphatic carbocycles. The summed E-state index contributed by atoms with van der Waals surface area (Å²) in [5.41, 5.74) is -0.795. The van der Waals surface area contributed by atoms with Gasteiger partial charge in [0.2, 0.25) is 5.66 Å². The van der Waals surface area contributed by atoms with Crippen LogP contribution < -0.4 is 9.05 Å². The molecule has 3 aromatic rings. The first-order valence-electron chi connectivity index (χ1n) is 8.44. The van der Waals surface area contributed by atoms with Crippen molar-refractivity contribution in [3.63, 3.8) is 0 Å². The zero-order valence-electron chi connectivity index (χ0n) is 15.0. The fourth-order valence-electron chi connectivity index (χ4n) is 2.59. The van der Waals surface area contributed by atoms with Gasteiger partial charge in [-0.1, -0.05) is 64.5 Å². The predicted molar refractivity (Wildman–Crippen MR) is 111 cm³/mol. The van der Waals surface area contributed by atoms with Crippen LogP contribution in [0.25, 0.3) is 0 Å². The lowest BCUT2D eigenvalue weighted by Gasteiger charge is -2.26. The van der Waals surface area contributed by atoms with Crippen molar-refractivity contribution >= 4 is 29.5 Å². The molecule has 0 radical (unpaired) electrons. The first-order valence-corrected chi connectivity index (χ1v) is 10.8.